The maximum atomic E-state index is 10.7. The van der Waals surface area contributed by atoms with E-state index in [2.05, 4.69) is 13.2 Å². The fourth-order valence-electron chi connectivity index (χ4n) is 0.863. The number of amides is 2. The average molecular weight is 288 g/mol. The van der Waals surface area contributed by atoms with Crippen LogP contribution in [0.25, 0.3) is 0 Å². The van der Waals surface area contributed by atoms with E-state index < -0.39 is 11.9 Å². The molecule has 2 amide bonds. The van der Waals surface area contributed by atoms with Crippen LogP contribution in [0.2, 0.25) is 0 Å². The summed E-state index contributed by atoms with van der Waals surface area (Å²) in [7, 11) is 0. The van der Waals surface area contributed by atoms with Gasteiger partial charge in [-0.1, -0.05) is 13.2 Å². The van der Waals surface area contributed by atoms with Crippen LogP contribution in [0.1, 0.15) is 13.8 Å². The van der Waals surface area contributed by atoms with Crippen LogP contribution in [-0.2, 0) is 9.59 Å². The molecule has 1 saturated heterocycles. The Morgan fingerprint density at radius 1 is 1.35 bits per heavy atom. The minimum atomic E-state index is -0.981. The van der Waals surface area contributed by atoms with Crippen molar-refractivity contribution in [1.29, 1.82) is 0 Å². The molecule has 1 aliphatic heterocycles. The summed E-state index contributed by atoms with van der Waals surface area (Å²) in [6.07, 6.45) is 0.833. The SMILES string of the molecule is C=C(C)C(=O)O.C=CC(=O)O.CCN1CCN(O)C1=O. The summed E-state index contributed by atoms with van der Waals surface area (Å²) in [5.41, 5.74) is 0.176. The Labute approximate surface area is 117 Å². The normalized spacial score (nSPS) is 12.7. The van der Waals surface area contributed by atoms with Gasteiger partial charge in [0.25, 0.3) is 0 Å². The van der Waals surface area contributed by atoms with E-state index in [4.69, 9.17) is 15.4 Å². The highest BCUT2D eigenvalue weighted by Gasteiger charge is 2.24. The van der Waals surface area contributed by atoms with Gasteiger partial charge in [-0.15, -0.1) is 0 Å². The van der Waals surface area contributed by atoms with E-state index in [0.29, 0.717) is 19.6 Å². The topological polar surface area (TPSA) is 118 Å². The summed E-state index contributed by atoms with van der Waals surface area (Å²) in [6, 6.07) is -0.280. The molecule has 0 spiro atoms. The zero-order valence-electron chi connectivity index (χ0n) is 11.6. The molecule has 3 N–H and O–H groups in total. The second-order valence-corrected chi connectivity index (χ2v) is 3.61. The van der Waals surface area contributed by atoms with Crippen molar-refractivity contribution in [3.8, 4) is 0 Å². The van der Waals surface area contributed by atoms with E-state index in [1.54, 1.807) is 4.90 Å². The minimum absolute atomic E-state index is 0.176. The van der Waals surface area contributed by atoms with Crippen LogP contribution < -0.4 is 0 Å². The van der Waals surface area contributed by atoms with Crippen molar-refractivity contribution < 1.29 is 29.8 Å². The highest BCUT2D eigenvalue weighted by atomic mass is 16.5. The summed E-state index contributed by atoms with van der Waals surface area (Å²) < 4.78 is 0. The van der Waals surface area contributed by atoms with Crippen molar-refractivity contribution in [2.24, 2.45) is 0 Å². The van der Waals surface area contributed by atoms with Crippen molar-refractivity contribution in [2.75, 3.05) is 19.6 Å². The Hall–Kier alpha value is -2.35. The van der Waals surface area contributed by atoms with Crippen LogP contribution >= 0.6 is 0 Å². The van der Waals surface area contributed by atoms with Crippen LogP contribution in [0.3, 0.4) is 0 Å². The Morgan fingerprint density at radius 3 is 1.85 bits per heavy atom. The fourth-order valence-corrected chi connectivity index (χ4v) is 0.863. The van der Waals surface area contributed by atoms with E-state index in [9.17, 15) is 14.4 Å². The smallest absolute Gasteiger partial charge is 0.343 e. The number of hydrogen-bond donors (Lipinski definition) is 3. The maximum Gasteiger partial charge on any atom is 0.343 e. The average Bonchev–Trinajstić information content (AvgIpc) is 2.70. The zero-order chi connectivity index (χ0) is 16.3. The second kappa shape index (κ2) is 10.6. The third-order valence-corrected chi connectivity index (χ3v) is 1.99. The lowest BCUT2D eigenvalue weighted by molar-refractivity contribution is -0.133. The lowest BCUT2D eigenvalue weighted by Gasteiger charge is -2.10. The van der Waals surface area contributed by atoms with Crippen LogP contribution in [-0.4, -0.2) is 63.0 Å². The second-order valence-electron chi connectivity index (χ2n) is 3.61. The number of hydroxylamine groups is 2. The van der Waals surface area contributed by atoms with E-state index in [1.165, 1.54) is 6.92 Å². The third kappa shape index (κ3) is 9.66. The van der Waals surface area contributed by atoms with Crippen LogP contribution in [0, 0.1) is 0 Å². The first-order valence-electron chi connectivity index (χ1n) is 5.66. The highest BCUT2D eigenvalue weighted by Crippen LogP contribution is 2.03. The molecule has 0 aromatic carbocycles. The molecule has 114 valence electrons. The molecule has 1 rings (SSSR count). The van der Waals surface area contributed by atoms with E-state index >= 15 is 0 Å². The molecule has 0 radical (unpaired) electrons. The van der Waals surface area contributed by atoms with E-state index in [1.807, 2.05) is 6.92 Å². The van der Waals surface area contributed by atoms with Gasteiger partial charge in [0.1, 0.15) is 0 Å². The first-order valence-corrected chi connectivity index (χ1v) is 5.66. The molecule has 0 saturated carbocycles. The Kier molecular flexibility index (Phi) is 10.5. The van der Waals surface area contributed by atoms with Crippen LogP contribution in [0.15, 0.2) is 24.8 Å². The third-order valence-electron chi connectivity index (χ3n) is 1.99. The molecule has 8 heteroatoms. The quantitative estimate of drug-likeness (QED) is 0.527. The molecule has 0 aliphatic carbocycles. The number of carboxylic acids is 2. The number of carbonyl (C=O) groups excluding carboxylic acids is 1. The number of nitrogens with zero attached hydrogens (tertiary/aromatic N) is 2. The van der Waals surface area contributed by atoms with Gasteiger partial charge in [0.05, 0.1) is 6.54 Å². The van der Waals surface area contributed by atoms with Gasteiger partial charge in [-0.25, -0.2) is 19.4 Å². The predicted molar refractivity (Wildman–Crippen MR) is 71.4 cm³/mol. The number of aliphatic carboxylic acids is 2. The van der Waals surface area contributed by atoms with Gasteiger partial charge in [0, 0.05) is 24.7 Å². The molecule has 1 heterocycles. The monoisotopic (exact) mass is 288 g/mol. The van der Waals surface area contributed by atoms with E-state index in [-0.39, 0.29) is 11.6 Å². The Balaban J connectivity index is 0. The molecule has 1 aliphatic rings. The zero-order valence-corrected chi connectivity index (χ0v) is 11.6. The summed E-state index contributed by atoms with van der Waals surface area (Å²) >= 11 is 0. The van der Waals surface area contributed by atoms with Gasteiger partial charge in [-0.05, 0) is 13.8 Å². The molecular weight excluding hydrogens is 268 g/mol. The Bertz CT molecular complexity index is 368. The largest absolute Gasteiger partial charge is 0.478 e. The summed E-state index contributed by atoms with van der Waals surface area (Å²) in [5, 5.41) is 25.0. The molecule has 0 aromatic heterocycles. The number of urea groups is 1. The standard InChI is InChI=1S/C5H10N2O2.C4H6O2.C3H4O2/c1-2-6-3-4-7(9)5(6)8;1-3(2)4(5)6;1-2-3(4)5/h9H,2-4H2,1H3;1H2,2H3,(H,5,6);2H,1H2,(H,4,5). The molecule has 20 heavy (non-hydrogen) atoms. The number of hydrogen-bond acceptors (Lipinski definition) is 4. The first-order chi connectivity index (χ1) is 9.17. The lowest BCUT2D eigenvalue weighted by atomic mass is 10.4. The van der Waals surface area contributed by atoms with Crippen LogP contribution in [0.4, 0.5) is 4.79 Å². The van der Waals surface area contributed by atoms with E-state index in [0.717, 1.165) is 11.1 Å². The summed E-state index contributed by atoms with van der Waals surface area (Å²) in [6.45, 7) is 11.2. The number of rotatable bonds is 3. The van der Waals surface area contributed by atoms with Gasteiger partial charge in [0.2, 0.25) is 0 Å². The number of carbonyl (C=O) groups is 3. The summed E-state index contributed by atoms with van der Waals surface area (Å²) in [5.74, 6) is -1.92. The Morgan fingerprint density at radius 2 is 1.75 bits per heavy atom. The van der Waals surface area contributed by atoms with Crippen molar-refractivity contribution >= 4 is 18.0 Å². The number of carboxylic acid groups (broad SMARTS) is 2. The van der Waals surface area contributed by atoms with Gasteiger partial charge in [-0.3, -0.25) is 5.21 Å². The molecule has 0 aromatic rings. The minimum Gasteiger partial charge on any atom is -0.478 e. The van der Waals surface area contributed by atoms with Gasteiger partial charge >= 0.3 is 18.0 Å². The molecule has 0 bridgehead atoms. The van der Waals surface area contributed by atoms with Crippen molar-refractivity contribution in [1.82, 2.24) is 9.96 Å². The lowest BCUT2D eigenvalue weighted by Crippen LogP contribution is -2.29. The van der Waals surface area contributed by atoms with Crippen LogP contribution in [0.5, 0.6) is 0 Å². The molecule has 8 nitrogen and oxygen atoms in total. The maximum absolute atomic E-state index is 10.7. The van der Waals surface area contributed by atoms with Gasteiger partial charge < -0.3 is 15.1 Å². The molecule has 1 fully saturated rings. The van der Waals surface area contributed by atoms with Gasteiger partial charge in [-0.2, -0.15) is 0 Å². The summed E-state index contributed by atoms with van der Waals surface area (Å²) in [4.78, 5) is 31.2. The first kappa shape index (κ1) is 20.0. The van der Waals surface area contributed by atoms with Crippen molar-refractivity contribution in [3.05, 3.63) is 24.8 Å². The highest BCUT2D eigenvalue weighted by molar-refractivity contribution is 5.84. The van der Waals surface area contributed by atoms with Crippen molar-refractivity contribution in [2.45, 2.75) is 13.8 Å². The van der Waals surface area contributed by atoms with Crippen molar-refractivity contribution in [3.63, 3.8) is 0 Å². The van der Waals surface area contributed by atoms with Gasteiger partial charge in [0.15, 0.2) is 0 Å². The predicted octanol–water partition coefficient (Wildman–Crippen LogP) is 1.04. The fraction of sp³-hybridized carbons (Fsp3) is 0.417. The molecular formula is C12H20N2O6. The number of likely N-dealkylation sites (N-methyl/N-ethyl adjacent to an activating group) is 1. The molecule has 0 unspecified atom stereocenters. The molecule has 0 atom stereocenters.